The summed E-state index contributed by atoms with van der Waals surface area (Å²) in [7, 11) is 2.22. The fourth-order valence-electron chi connectivity index (χ4n) is 1.92. The first kappa shape index (κ1) is 11.0. The highest BCUT2D eigenvalue weighted by Gasteiger charge is 2.13. The van der Waals surface area contributed by atoms with Gasteiger partial charge in [-0.1, -0.05) is 0 Å². The molecule has 0 spiro atoms. The molecule has 0 saturated carbocycles. The Morgan fingerprint density at radius 1 is 1.38 bits per heavy atom. The number of likely N-dealkylation sites (tertiary alicyclic amines) is 1. The van der Waals surface area contributed by atoms with Crippen LogP contribution in [0.5, 0.6) is 0 Å². The summed E-state index contributed by atoms with van der Waals surface area (Å²) in [4.78, 5) is 2.43. The van der Waals surface area contributed by atoms with Crippen molar-refractivity contribution >= 4 is 0 Å². The Labute approximate surface area is 81.7 Å². The van der Waals surface area contributed by atoms with Crippen LogP contribution < -0.4 is 11.1 Å². The van der Waals surface area contributed by atoms with Gasteiger partial charge in [-0.3, -0.25) is 0 Å². The van der Waals surface area contributed by atoms with Crippen molar-refractivity contribution in [2.75, 3.05) is 39.8 Å². The molecule has 1 aliphatic rings. The van der Waals surface area contributed by atoms with E-state index in [-0.39, 0.29) is 0 Å². The number of nitrogens with zero attached hydrogens (tertiary/aromatic N) is 1. The van der Waals surface area contributed by atoms with Crippen molar-refractivity contribution < 1.29 is 0 Å². The van der Waals surface area contributed by atoms with E-state index in [0.29, 0.717) is 0 Å². The molecule has 1 fully saturated rings. The second kappa shape index (κ2) is 6.35. The number of rotatable bonds is 4. The average molecular weight is 185 g/mol. The summed E-state index contributed by atoms with van der Waals surface area (Å²) in [6.07, 6.45) is 4.07. The van der Waals surface area contributed by atoms with Crippen LogP contribution in [-0.2, 0) is 0 Å². The van der Waals surface area contributed by atoms with Crippen molar-refractivity contribution in [3.63, 3.8) is 0 Å². The van der Waals surface area contributed by atoms with Crippen molar-refractivity contribution in [3.8, 4) is 0 Å². The van der Waals surface area contributed by atoms with E-state index in [2.05, 4.69) is 17.3 Å². The van der Waals surface area contributed by atoms with Gasteiger partial charge >= 0.3 is 0 Å². The second-order valence-corrected chi connectivity index (χ2v) is 4.09. The van der Waals surface area contributed by atoms with Gasteiger partial charge in [0.15, 0.2) is 0 Å². The summed E-state index contributed by atoms with van der Waals surface area (Å²) in [5.41, 5.74) is 5.43. The molecule has 0 aromatic carbocycles. The Kier molecular flexibility index (Phi) is 5.35. The van der Waals surface area contributed by atoms with E-state index in [1.54, 1.807) is 0 Å². The van der Waals surface area contributed by atoms with Crippen molar-refractivity contribution in [2.24, 2.45) is 11.7 Å². The zero-order valence-electron chi connectivity index (χ0n) is 8.76. The smallest absolute Gasteiger partial charge is 0.00746 e. The van der Waals surface area contributed by atoms with Gasteiger partial charge in [0.25, 0.3) is 0 Å². The molecule has 1 atom stereocenters. The molecule has 1 saturated heterocycles. The lowest BCUT2D eigenvalue weighted by atomic mass is 10.0. The lowest BCUT2D eigenvalue weighted by Gasteiger charge is -2.15. The third-order valence-corrected chi connectivity index (χ3v) is 2.83. The minimum Gasteiger partial charge on any atom is -0.329 e. The molecule has 0 radical (unpaired) electrons. The van der Waals surface area contributed by atoms with E-state index >= 15 is 0 Å². The zero-order chi connectivity index (χ0) is 9.52. The van der Waals surface area contributed by atoms with Crippen molar-refractivity contribution in [3.05, 3.63) is 0 Å². The maximum absolute atomic E-state index is 5.43. The molecule has 1 rings (SSSR count). The van der Waals surface area contributed by atoms with Gasteiger partial charge in [0.1, 0.15) is 0 Å². The minimum atomic E-state index is 0.757. The van der Waals surface area contributed by atoms with Gasteiger partial charge in [-0.15, -0.1) is 0 Å². The van der Waals surface area contributed by atoms with E-state index in [1.807, 2.05) is 0 Å². The monoisotopic (exact) mass is 185 g/mol. The molecule has 0 aromatic heterocycles. The number of hydrogen-bond acceptors (Lipinski definition) is 3. The SMILES string of the molecule is CN1CCCC(CNCCN)CC1. The van der Waals surface area contributed by atoms with Crippen LogP contribution >= 0.6 is 0 Å². The highest BCUT2D eigenvalue weighted by atomic mass is 15.1. The van der Waals surface area contributed by atoms with Crippen LogP contribution in [0.4, 0.5) is 0 Å². The fourth-order valence-corrected chi connectivity index (χ4v) is 1.92. The maximum Gasteiger partial charge on any atom is 0.00746 e. The van der Waals surface area contributed by atoms with E-state index in [4.69, 9.17) is 5.73 Å². The molecular weight excluding hydrogens is 162 g/mol. The largest absolute Gasteiger partial charge is 0.329 e. The number of hydrogen-bond donors (Lipinski definition) is 2. The highest BCUT2D eigenvalue weighted by Crippen LogP contribution is 2.15. The van der Waals surface area contributed by atoms with Gasteiger partial charge in [-0.05, 0) is 51.9 Å². The zero-order valence-corrected chi connectivity index (χ0v) is 8.76. The highest BCUT2D eigenvalue weighted by molar-refractivity contribution is 4.69. The average Bonchev–Trinajstić information content (AvgIpc) is 2.32. The van der Waals surface area contributed by atoms with E-state index in [1.165, 1.54) is 32.4 Å². The molecule has 0 amide bonds. The van der Waals surface area contributed by atoms with Gasteiger partial charge in [0.05, 0.1) is 0 Å². The lowest BCUT2D eigenvalue weighted by Crippen LogP contribution is -2.28. The standard InChI is InChI=1S/C10H23N3/c1-13-7-2-3-10(4-8-13)9-12-6-5-11/h10,12H,2-9,11H2,1H3. The summed E-state index contributed by atoms with van der Waals surface area (Å²) in [6.45, 7) is 5.41. The van der Waals surface area contributed by atoms with E-state index in [9.17, 15) is 0 Å². The topological polar surface area (TPSA) is 41.3 Å². The Bertz CT molecular complexity index is 127. The van der Waals surface area contributed by atoms with Crippen molar-refractivity contribution in [1.82, 2.24) is 10.2 Å². The molecule has 0 aromatic rings. The summed E-state index contributed by atoms with van der Waals surface area (Å²) in [5.74, 6) is 0.872. The number of nitrogens with one attached hydrogen (secondary N) is 1. The Hall–Kier alpha value is -0.120. The van der Waals surface area contributed by atoms with Crippen LogP contribution in [0.15, 0.2) is 0 Å². The molecule has 0 aliphatic carbocycles. The predicted molar refractivity (Wildman–Crippen MR) is 56.8 cm³/mol. The molecule has 3 nitrogen and oxygen atoms in total. The summed E-state index contributed by atoms with van der Waals surface area (Å²) < 4.78 is 0. The lowest BCUT2D eigenvalue weighted by molar-refractivity contribution is 0.339. The Morgan fingerprint density at radius 3 is 3.00 bits per heavy atom. The van der Waals surface area contributed by atoms with Crippen molar-refractivity contribution in [1.29, 1.82) is 0 Å². The summed E-state index contributed by atoms with van der Waals surface area (Å²) in [5, 5.41) is 3.40. The van der Waals surface area contributed by atoms with Gasteiger partial charge in [-0.25, -0.2) is 0 Å². The molecule has 13 heavy (non-hydrogen) atoms. The third-order valence-electron chi connectivity index (χ3n) is 2.83. The van der Waals surface area contributed by atoms with E-state index in [0.717, 1.165) is 25.6 Å². The summed E-state index contributed by atoms with van der Waals surface area (Å²) in [6, 6.07) is 0. The van der Waals surface area contributed by atoms with E-state index < -0.39 is 0 Å². The van der Waals surface area contributed by atoms with Crippen LogP contribution in [0.1, 0.15) is 19.3 Å². The molecule has 78 valence electrons. The van der Waals surface area contributed by atoms with Gasteiger partial charge in [0, 0.05) is 13.1 Å². The van der Waals surface area contributed by atoms with Crippen LogP contribution in [-0.4, -0.2) is 44.7 Å². The first-order valence-electron chi connectivity index (χ1n) is 5.42. The van der Waals surface area contributed by atoms with Crippen LogP contribution in [0.2, 0.25) is 0 Å². The fraction of sp³-hybridized carbons (Fsp3) is 1.00. The van der Waals surface area contributed by atoms with Gasteiger partial charge < -0.3 is 16.0 Å². The van der Waals surface area contributed by atoms with Crippen LogP contribution in [0.25, 0.3) is 0 Å². The molecule has 1 unspecified atom stereocenters. The molecule has 0 bridgehead atoms. The predicted octanol–water partition coefficient (Wildman–Crippen LogP) is 0.267. The normalized spacial score (nSPS) is 25.8. The second-order valence-electron chi connectivity index (χ2n) is 4.09. The van der Waals surface area contributed by atoms with Crippen LogP contribution in [0.3, 0.4) is 0 Å². The molecule has 3 heteroatoms. The molecule has 1 aliphatic heterocycles. The van der Waals surface area contributed by atoms with Gasteiger partial charge in [-0.2, -0.15) is 0 Å². The molecule has 3 N–H and O–H groups in total. The van der Waals surface area contributed by atoms with Crippen molar-refractivity contribution in [2.45, 2.75) is 19.3 Å². The Balaban J connectivity index is 2.11. The maximum atomic E-state index is 5.43. The Morgan fingerprint density at radius 2 is 2.23 bits per heavy atom. The summed E-state index contributed by atoms with van der Waals surface area (Å²) >= 11 is 0. The third kappa shape index (κ3) is 4.60. The quantitative estimate of drug-likeness (QED) is 0.618. The first-order valence-corrected chi connectivity index (χ1v) is 5.42. The molecular formula is C10H23N3. The molecule has 1 heterocycles. The van der Waals surface area contributed by atoms with Gasteiger partial charge in [0.2, 0.25) is 0 Å². The minimum absolute atomic E-state index is 0.757. The number of nitrogens with two attached hydrogens (primary N) is 1. The van der Waals surface area contributed by atoms with Crippen LogP contribution in [0, 0.1) is 5.92 Å². The first-order chi connectivity index (χ1) is 6.33.